The normalized spacial score (nSPS) is 14.0. The van der Waals surface area contributed by atoms with Crippen LogP contribution in [0.25, 0.3) is 0 Å². The molecule has 2 aromatic carbocycles. The van der Waals surface area contributed by atoms with Gasteiger partial charge in [-0.1, -0.05) is 11.8 Å². The number of primary sulfonamides is 1. The monoisotopic (exact) mass is 382 g/mol. The summed E-state index contributed by atoms with van der Waals surface area (Å²) in [5.41, 5.74) is -0.330. The van der Waals surface area contributed by atoms with Crippen molar-refractivity contribution in [2.75, 3.05) is 13.2 Å². The van der Waals surface area contributed by atoms with Crippen LogP contribution in [-0.2, 0) is 10.0 Å². The Hall–Kier alpha value is -2.30. The molecule has 0 amide bonds. The van der Waals surface area contributed by atoms with Crippen LogP contribution in [0.4, 0.5) is 5.69 Å². The number of ether oxygens (including phenoxy) is 2. The maximum Gasteiger partial charge on any atom is 0.284 e. The summed E-state index contributed by atoms with van der Waals surface area (Å²) in [7, 11) is -4.01. The van der Waals surface area contributed by atoms with Crippen molar-refractivity contribution < 1.29 is 22.8 Å². The third-order valence-corrected chi connectivity index (χ3v) is 5.37. The SMILES string of the molecule is NS(=O)(=O)c1ccc(Sc2ccc3c(c2)OCCCO3)c([N+](=O)[O-])c1. The van der Waals surface area contributed by atoms with E-state index in [1.807, 2.05) is 0 Å². The van der Waals surface area contributed by atoms with Crippen LogP contribution < -0.4 is 14.6 Å². The summed E-state index contributed by atoms with van der Waals surface area (Å²) in [6.45, 7) is 1.10. The Morgan fingerprint density at radius 2 is 1.80 bits per heavy atom. The minimum Gasteiger partial charge on any atom is -0.490 e. The van der Waals surface area contributed by atoms with Crippen LogP contribution in [0.1, 0.15) is 6.42 Å². The minimum absolute atomic E-state index is 0.298. The fraction of sp³-hybridized carbons (Fsp3) is 0.200. The lowest BCUT2D eigenvalue weighted by Crippen LogP contribution is -2.12. The lowest BCUT2D eigenvalue weighted by molar-refractivity contribution is -0.388. The first-order valence-electron chi connectivity index (χ1n) is 7.23. The van der Waals surface area contributed by atoms with Crippen molar-refractivity contribution in [1.82, 2.24) is 0 Å². The lowest BCUT2D eigenvalue weighted by atomic mass is 10.3. The first-order chi connectivity index (χ1) is 11.8. The van der Waals surface area contributed by atoms with Gasteiger partial charge in [-0.15, -0.1) is 0 Å². The lowest BCUT2D eigenvalue weighted by Gasteiger charge is -2.09. The van der Waals surface area contributed by atoms with Crippen molar-refractivity contribution in [3.05, 3.63) is 46.5 Å². The molecule has 0 fully saturated rings. The van der Waals surface area contributed by atoms with Gasteiger partial charge in [0, 0.05) is 17.4 Å². The number of hydrogen-bond donors (Lipinski definition) is 1. The first-order valence-corrected chi connectivity index (χ1v) is 9.59. The highest BCUT2D eigenvalue weighted by molar-refractivity contribution is 7.99. The van der Waals surface area contributed by atoms with Gasteiger partial charge in [-0.05, 0) is 30.3 Å². The fourth-order valence-corrected chi connectivity index (χ4v) is 3.70. The van der Waals surface area contributed by atoms with Gasteiger partial charge < -0.3 is 9.47 Å². The molecule has 0 unspecified atom stereocenters. The van der Waals surface area contributed by atoms with Gasteiger partial charge in [0.15, 0.2) is 11.5 Å². The molecule has 0 bridgehead atoms. The maximum atomic E-state index is 11.4. The molecule has 0 aromatic heterocycles. The summed E-state index contributed by atoms with van der Waals surface area (Å²) in [6.07, 6.45) is 0.775. The zero-order chi connectivity index (χ0) is 18.0. The zero-order valence-corrected chi connectivity index (χ0v) is 14.5. The van der Waals surface area contributed by atoms with E-state index in [0.29, 0.717) is 34.5 Å². The maximum absolute atomic E-state index is 11.4. The Kier molecular flexibility index (Phi) is 4.84. The molecule has 2 aromatic rings. The van der Waals surface area contributed by atoms with Gasteiger partial charge in [0.2, 0.25) is 10.0 Å². The molecule has 1 aliphatic rings. The van der Waals surface area contributed by atoms with Gasteiger partial charge in [0.05, 0.1) is 27.9 Å². The Morgan fingerprint density at radius 3 is 2.48 bits per heavy atom. The van der Waals surface area contributed by atoms with Crippen LogP contribution in [0.5, 0.6) is 11.5 Å². The molecule has 1 heterocycles. The summed E-state index contributed by atoms with van der Waals surface area (Å²) in [4.78, 5) is 11.3. The number of fused-ring (bicyclic) bond motifs is 1. The molecule has 1 aliphatic heterocycles. The number of benzene rings is 2. The number of nitrogens with zero attached hydrogens (tertiary/aromatic N) is 1. The van der Waals surface area contributed by atoms with E-state index in [9.17, 15) is 18.5 Å². The van der Waals surface area contributed by atoms with Crippen LogP contribution in [0.3, 0.4) is 0 Å². The fourth-order valence-electron chi connectivity index (χ4n) is 2.24. The smallest absolute Gasteiger partial charge is 0.284 e. The molecule has 25 heavy (non-hydrogen) atoms. The predicted molar refractivity (Wildman–Crippen MR) is 90.6 cm³/mol. The Bertz CT molecular complexity index is 930. The summed E-state index contributed by atoms with van der Waals surface area (Å²) < 4.78 is 33.9. The van der Waals surface area contributed by atoms with Crippen LogP contribution in [0.15, 0.2) is 51.1 Å². The third kappa shape index (κ3) is 4.03. The Morgan fingerprint density at radius 1 is 1.08 bits per heavy atom. The van der Waals surface area contributed by atoms with Crippen LogP contribution in [0.2, 0.25) is 0 Å². The topological polar surface area (TPSA) is 122 Å². The highest BCUT2D eigenvalue weighted by Gasteiger charge is 2.20. The summed E-state index contributed by atoms with van der Waals surface area (Å²) in [6, 6.07) is 8.81. The van der Waals surface area contributed by atoms with E-state index >= 15 is 0 Å². The Balaban J connectivity index is 1.95. The first kappa shape index (κ1) is 17.5. The van der Waals surface area contributed by atoms with Gasteiger partial charge >= 0.3 is 0 Å². The van der Waals surface area contributed by atoms with Gasteiger partial charge in [0.1, 0.15) is 0 Å². The van der Waals surface area contributed by atoms with E-state index in [0.717, 1.165) is 24.2 Å². The molecule has 0 atom stereocenters. The predicted octanol–water partition coefficient (Wildman–Crippen LogP) is 2.55. The number of nitro benzene ring substituents is 1. The van der Waals surface area contributed by atoms with Crippen molar-refractivity contribution in [3.63, 3.8) is 0 Å². The second-order valence-corrected chi connectivity index (χ2v) is 7.87. The van der Waals surface area contributed by atoms with Gasteiger partial charge in [-0.3, -0.25) is 10.1 Å². The molecular formula is C15H14N2O6S2. The molecule has 0 saturated carbocycles. The van der Waals surface area contributed by atoms with Crippen LogP contribution >= 0.6 is 11.8 Å². The van der Waals surface area contributed by atoms with E-state index < -0.39 is 14.9 Å². The highest BCUT2D eigenvalue weighted by Crippen LogP contribution is 2.40. The summed E-state index contributed by atoms with van der Waals surface area (Å²) in [5.74, 6) is 1.20. The summed E-state index contributed by atoms with van der Waals surface area (Å²) >= 11 is 1.13. The van der Waals surface area contributed by atoms with E-state index in [1.54, 1.807) is 18.2 Å². The van der Waals surface area contributed by atoms with Crippen molar-refractivity contribution in [2.24, 2.45) is 5.14 Å². The Labute approximate surface area is 148 Å². The molecule has 8 nitrogen and oxygen atoms in total. The second-order valence-electron chi connectivity index (χ2n) is 5.19. The number of sulfonamides is 1. The zero-order valence-electron chi connectivity index (χ0n) is 12.9. The molecule has 0 aliphatic carbocycles. The molecule has 3 rings (SSSR count). The van der Waals surface area contributed by atoms with Gasteiger partial charge in [-0.2, -0.15) is 0 Å². The molecular weight excluding hydrogens is 368 g/mol. The number of nitrogens with two attached hydrogens (primary N) is 1. The van der Waals surface area contributed by atoms with Crippen LogP contribution in [-0.4, -0.2) is 26.6 Å². The molecule has 132 valence electrons. The second kappa shape index (κ2) is 6.90. The molecule has 2 N–H and O–H groups in total. The largest absolute Gasteiger partial charge is 0.490 e. The number of rotatable bonds is 4. The molecule has 0 saturated heterocycles. The number of nitro groups is 1. The van der Waals surface area contributed by atoms with E-state index in [-0.39, 0.29) is 10.6 Å². The van der Waals surface area contributed by atoms with Gasteiger partial charge in [-0.25, -0.2) is 13.6 Å². The molecule has 0 spiro atoms. The van der Waals surface area contributed by atoms with Crippen molar-refractivity contribution >= 4 is 27.5 Å². The van der Waals surface area contributed by atoms with Crippen molar-refractivity contribution in [2.45, 2.75) is 21.1 Å². The third-order valence-electron chi connectivity index (χ3n) is 3.40. The standard InChI is InChI=1S/C15H14N2O6S2/c16-25(20,21)11-3-5-15(12(9-11)17(18)19)24-10-2-4-13-14(8-10)23-7-1-6-22-13/h2-5,8-9H,1,6-7H2,(H2,16,20,21). The van der Waals surface area contributed by atoms with E-state index in [2.05, 4.69) is 0 Å². The van der Waals surface area contributed by atoms with Gasteiger partial charge in [0.25, 0.3) is 5.69 Å². The molecule has 0 radical (unpaired) electrons. The summed E-state index contributed by atoms with van der Waals surface area (Å²) in [5, 5.41) is 16.3. The van der Waals surface area contributed by atoms with Crippen LogP contribution in [0, 0.1) is 10.1 Å². The average molecular weight is 382 g/mol. The quantitative estimate of drug-likeness (QED) is 0.637. The van der Waals surface area contributed by atoms with E-state index in [1.165, 1.54) is 12.1 Å². The van der Waals surface area contributed by atoms with Crippen molar-refractivity contribution in [3.8, 4) is 11.5 Å². The number of hydrogen-bond acceptors (Lipinski definition) is 7. The highest BCUT2D eigenvalue weighted by atomic mass is 32.2. The minimum atomic E-state index is -4.01. The van der Waals surface area contributed by atoms with E-state index in [4.69, 9.17) is 14.6 Å². The average Bonchev–Trinajstić information content (AvgIpc) is 2.78. The van der Waals surface area contributed by atoms with Crippen molar-refractivity contribution in [1.29, 1.82) is 0 Å². The molecule has 10 heteroatoms.